The van der Waals surface area contributed by atoms with Gasteiger partial charge in [0.1, 0.15) is 0 Å². The van der Waals surface area contributed by atoms with Crippen LogP contribution in [-0.4, -0.2) is 30.1 Å². The number of ether oxygens (including phenoxy) is 1. The third-order valence-corrected chi connectivity index (χ3v) is 9.14. The van der Waals surface area contributed by atoms with Crippen LogP contribution in [0.2, 0.25) is 0 Å². The second-order valence-corrected chi connectivity index (χ2v) is 11.1. The minimum absolute atomic E-state index is 0.465. The summed E-state index contributed by atoms with van der Waals surface area (Å²) < 4.78 is 5.57. The molecule has 0 bridgehead atoms. The molecule has 0 saturated heterocycles. The molecule has 0 aromatic carbocycles. The molecule has 1 heterocycles. The lowest BCUT2D eigenvalue weighted by atomic mass is 9.94. The molecule has 0 aromatic rings. The molecule has 3 aliphatic carbocycles. The summed E-state index contributed by atoms with van der Waals surface area (Å²) in [6.45, 7) is 7.13. The first-order chi connectivity index (χ1) is 13.0. The van der Waals surface area contributed by atoms with Crippen molar-refractivity contribution in [2.75, 3.05) is 12.9 Å². The van der Waals surface area contributed by atoms with Crippen molar-refractivity contribution in [3.63, 3.8) is 0 Å². The minimum atomic E-state index is 0.465. The summed E-state index contributed by atoms with van der Waals surface area (Å²) in [5.41, 5.74) is 0.632. The fraction of sp³-hybridized carbons (Fsp3) is 0.875. The summed E-state index contributed by atoms with van der Waals surface area (Å²) in [5, 5.41) is 1.45. The van der Waals surface area contributed by atoms with Crippen LogP contribution in [0.15, 0.2) is 17.1 Å². The highest BCUT2D eigenvalue weighted by molar-refractivity contribution is 8.14. The number of allylic oxidation sites excluding steroid dienone is 1. The van der Waals surface area contributed by atoms with Crippen molar-refractivity contribution in [2.24, 2.45) is 40.0 Å². The Kier molecular flexibility index (Phi) is 6.09. The first-order valence-electron chi connectivity index (χ1n) is 11.4. The van der Waals surface area contributed by atoms with Gasteiger partial charge >= 0.3 is 0 Å². The Balaban J connectivity index is 1.12. The smallest absolute Gasteiger partial charge is 0.0783 e. The van der Waals surface area contributed by atoms with Crippen LogP contribution < -0.4 is 0 Å². The first kappa shape index (κ1) is 20.0. The highest BCUT2D eigenvalue weighted by Crippen LogP contribution is 2.67. The van der Waals surface area contributed by atoms with E-state index >= 15 is 0 Å². The molecule has 1 aliphatic heterocycles. The summed E-state index contributed by atoms with van der Waals surface area (Å²) in [7, 11) is 1.87. The van der Waals surface area contributed by atoms with Crippen LogP contribution in [0.25, 0.3) is 0 Å². The Labute approximate surface area is 171 Å². The third-order valence-electron chi connectivity index (χ3n) is 7.93. The zero-order chi connectivity index (χ0) is 19.0. The molecule has 3 fully saturated rings. The van der Waals surface area contributed by atoms with Crippen LogP contribution in [0.3, 0.4) is 0 Å². The van der Waals surface area contributed by atoms with Crippen molar-refractivity contribution in [1.29, 1.82) is 0 Å². The quantitative estimate of drug-likeness (QED) is 0.383. The van der Waals surface area contributed by atoms with E-state index in [1.807, 2.05) is 18.9 Å². The molecule has 2 nitrogen and oxygen atoms in total. The summed E-state index contributed by atoms with van der Waals surface area (Å²) in [5.74, 6) is 5.94. The van der Waals surface area contributed by atoms with Crippen LogP contribution in [0.1, 0.15) is 72.1 Å². The standard InChI is InChI=1S/C24H39NOS/c1-5-19(26-4)10-11-24(3)14-22(24)21-13-17(21)8-6-7-9-18-15-27-23(25-18)20-12-16(20)2/h7,9,16-22H,5-6,8,10-15H2,1-4H3/b9-7-/t16?,17-,18+,19-,20?,21-,22+,24-/m0/s1. The Bertz CT molecular complexity index is 583. The lowest BCUT2D eigenvalue weighted by Gasteiger charge is -2.17. The van der Waals surface area contributed by atoms with Crippen LogP contribution in [0.4, 0.5) is 0 Å². The number of methoxy groups -OCH3 is 1. The largest absolute Gasteiger partial charge is 0.381 e. The Morgan fingerprint density at radius 3 is 2.89 bits per heavy atom. The van der Waals surface area contributed by atoms with Gasteiger partial charge in [-0.1, -0.05) is 32.9 Å². The van der Waals surface area contributed by atoms with Gasteiger partial charge in [-0.15, -0.1) is 11.8 Å². The maximum absolute atomic E-state index is 5.57. The first-order valence-corrected chi connectivity index (χ1v) is 12.4. The van der Waals surface area contributed by atoms with E-state index in [-0.39, 0.29) is 0 Å². The van der Waals surface area contributed by atoms with Gasteiger partial charge in [-0.25, -0.2) is 0 Å². The molecule has 3 heteroatoms. The van der Waals surface area contributed by atoms with Gasteiger partial charge in [0.05, 0.1) is 17.2 Å². The van der Waals surface area contributed by atoms with E-state index < -0.39 is 0 Å². The number of aliphatic imine (C=N–C) groups is 1. The zero-order valence-corrected chi connectivity index (χ0v) is 18.6. The van der Waals surface area contributed by atoms with E-state index in [0.29, 0.717) is 17.6 Å². The lowest BCUT2D eigenvalue weighted by molar-refractivity contribution is 0.0843. The van der Waals surface area contributed by atoms with Gasteiger partial charge in [-0.3, -0.25) is 4.99 Å². The number of thioether (sulfide) groups is 1. The molecule has 4 rings (SSSR count). The van der Waals surface area contributed by atoms with Gasteiger partial charge in [0.2, 0.25) is 0 Å². The molecule has 0 amide bonds. The molecule has 0 spiro atoms. The van der Waals surface area contributed by atoms with Gasteiger partial charge in [0, 0.05) is 18.8 Å². The van der Waals surface area contributed by atoms with Gasteiger partial charge in [0.15, 0.2) is 0 Å². The molecule has 0 radical (unpaired) electrons. The molecule has 152 valence electrons. The molecule has 4 aliphatic rings. The summed E-state index contributed by atoms with van der Waals surface area (Å²) in [6, 6.07) is 0.465. The molecular formula is C24H39NOS. The average molecular weight is 390 g/mol. The minimum Gasteiger partial charge on any atom is -0.381 e. The maximum Gasteiger partial charge on any atom is 0.0783 e. The van der Waals surface area contributed by atoms with Gasteiger partial charge in [-0.05, 0) is 80.5 Å². The van der Waals surface area contributed by atoms with Crippen LogP contribution >= 0.6 is 11.8 Å². The van der Waals surface area contributed by atoms with Gasteiger partial charge in [-0.2, -0.15) is 0 Å². The molecule has 0 aromatic heterocycles. The van der Waals surface area contributed by atoms with Crippen molar-refractivity contribution in [2.45, 2.75) is 84.3 Å². The predicted octanol–water partition coefficient (Wildman–Crippen LogP) is 6.36. The van der Waals surface area contributed by atoms with E-state index in [0.717, 1.165) is 36.0 Å². The number of hydrogen-bond donors (Lipinski definition) is 0. The molecule has 2 unspecified atom stereocenters. The second-order valence-electron chi connectivity index (χ2n) is 10.1. The van der Waals surface area contributed by atoms with E-state index in [1.54, 1.807) is 0 Å². The number of rotatable bonds is 11. The summed E-state index contributed by atoms with van der Waals surface area (Å²) in [4.78, 5) is 4.94. The van der Waals surface area contributed by atoms with Crippen molar-refractivity contribution in [1.82, 2.24) is 0 Å². The van der Waals surface area contributed by atoms with Crippen molar-refractivity contribution in [3.05, 3.63) is 12.2 Å². The molecule has 0 N–H and O–H groups in total. The fourth-order valence-corrected chi connectivity index (χ4v) is 6.69. The van der Waals surface area contributed by atoms with Crippen molar-refractivity contribution >= 4 is 16.8 Å². The average Bonchev–Trinajstić information content (AvgIpc) is 3.60. The molecule has 3 saturated carbocycles. The van der Waals surface area contributed by atoms with E-state index in [4.69, 9.17) is 9.73 Å². The normalized spacial score (nSPS) is 43.8. The topological polar surface area (TPSA) is 21.6 Å². The summed E-state index contributed by atoms with van der Waals surface area (Å²) in [6.07, 6.45) is 16.1. The Morgan fingerprint density at radius 2 is 2.19 bits per heavy atom. The Hall–Kier alpha value is -0.280. The van der Waals surface area contributed by atoms with Crippen LogP contribution in [-0.2, 0) is 4.74 Å². The molecule has 27 heavy (non-hydrogen) atoms. The van der Waals surface area contributed by atoms with Gasteiger partial charge < -0.3 is 4.74 Å². The Morgan fingerprint density at radius 1 is 1.37 bits per heavy atom. The van der Waals surface area contributed by atoms with E-state index in [2.05, 4.69) is 32.9 Å². The zero-order valence-electron chi connectivity index (χ0n) is 17.8. The van der Waals surface area contributed by atoms with Crippen molar-refractivity contribution in [3.8, 4) is 0 Å². The highest BCUT2D eigenvalue weighted by Gasteiger charge is 2.59. The predicted molar refractivity (Wildman–Crippen MR) is 117 cm³/mol. The maximum atomic E-state index is 5.57. The SMILES string of the molecule is CC[C@@H](CC[C@@]1(C)C[C@@H]1[C@H]1C[C@@H]1CC/C=C\[C@@H]1CSC(C2CC2C)=N1)OC. The highest BCUT2D eigenvalue weighted by atomic mass is 32.2. The van der Waals surface area contributed by atoms with Crippen LogP contribution in [0.5, 0.6) is 0 Å². The van der Waals surface area contributed by atoms with Crippen molar-refractivity contribution < 1.29 is 4.74 Å². The monoisotopic (exact) mass is 389 g/mol. The third kappa shape index (κ3) is 4.83. The van der Waals surface area contributed by atoms with Gasteiger partial charge in [0.25, 0.3) is 0 Å². The van der Waals surface area contributed by atoms with E-state index in [9.17, 15) is 0 Å². The number of hydrogen-bond acceptors (Lipinski definition) is 3. The molecular weight excluding hydrogens is 350 g/mol. The van der Waals surface area contributed by atoms with E-state index in [1.165, 1.54) is 55.7 Å². The molecule has 8 atom stereocenters. The lowest BCUT2D eigenvalue weighted by Crippen LogP contribution is -2.12. The fourth-order valence-electron chi connectivity index (χ4n) is 5.41. The summed E-state index contributed by atoms with van der Waals surface area (Å²) >= 11 is 2.01. The second kappa shape index (κ2) is 8.22. The van der Waals surface area contributed by atoms with Crippen LogP contribution in [0, 0.1) is 35.0 Å². The number of nitrogens with zero attached hydrogens (tertiary/aromatic N) is 1.